The minimum absolute atomic E-state index is 0.395. The lowest BCUT2D eigenvalue weighted by Gasteiger charge is -2.27. The molecule has 106 valence electrons. The first kappa shape index (κ1) is 13.9. The minimum Gasteiger partial charge on any atom is -0.490 e. The van der Waals surface area contributed by atoms with Crippen LogP contribution in [-0.2, 0) is 0 Å². The first-order valence-corrected chi connectivity index (χ1v) is 6.80. The Balaban J connectivity index is 2.29. The number of ether oxygens (including phenoxy) is 1. The molecule has 0 radical (unpaired) electrons. The second-order valence-electron chi connectivity index (χ2n) is 5.10. The van der Waals surface area contributed by atoms with Crippen molar-refractivity contribution < 1.29 is 4.74 Å². The topological polar surface area (TPSA) is 76.3 Å². The molecule has 0 spiro atoms. The molecule has 1 fully saturated rings. The summed E-state index contributed by atoms with van der Waals surface area (Å²) in [5.74, 6) is 7.43. The van der Waals surface area contributed by atoms with Crippen LogP contribution in [0.5, 0.6) is 5.75 Å². The molecule has 1 aromatic heterocycles. The molecule has 0 unspecified atom stereocenters. The fraction of sp³-hybridized carbons (Fsp3) is 0.692. The van der Waals surface area contributed by atoms with Gasteiger partial charge in [0.25, 0.3) is 0 Å². The van der Waals surface area contributed by atoms with Crippen molar-refractivity contribution in [3.8, 4) is 5.75 Å². The van der Waals surface area contributed by atoms with Crippen molar-refractivity contribution in [1.29, 1.82) is 0 Å². The SMILES string of the molecule is CCC1(CC)CCN(c2ncnc(NN)c2OC)C1. The third-order valence-electron chi connectivity index (χ3n) is 4.36. The van der Waals surface area contributed by atoms with Gasteiger partial charge in [0.05, 0.1) is 7.11 Å². The summed E-state index contributed by atoms with van der Waals surface area (Å²) in [6.07, 6.45) is 5.09. The van der Waals surface area contributed by atoms with Crippen molar-refractivity contribution in [2.75, 3.05) is 30.5 Å². The first-order chi connectivity index (χ1) is 9.19. The number of hydrogen-bond donors (Lipinski definition) is 2. The van der Waals surface area contributed by atoms with Crippen LogP contribution in [0, 0.1) is 5.41 Å². The number of methoxy groups -OCH3 is 1. The average molecular weight is 265 g/mol. The van der Waals surface area contributed by atoms with Gasteiger partial charge in [0, 0.05) is 13.1 Å². The van der Waals surface area contributed by atoms with Gasteiger partial charge in [0.2, 0.25) is 5.75 Å². The summed E-state index contributed by atoms with van der Waals surface area (Å²) in [6.45, 7) is 6.53. The predicted octanol–water partition coefficient (Wildman–Crippen LogP) is 1.79. The van der Waals surface area contributed by atoms with E-state index in [0.29, 0.717) is 17.0 Å². The number of hydrogen-bond acceptors (Lipinski definition) is 6. The molecule has 1 aromatic rings. The van der Waals surface area contributed by atoms with E-state index in [1.54, 1.807) is 7.11 Å². The summed E-state index contributed by atoms with van der Waals surface area (Å²) in [5, 5.41) is 0. The fourth-order valence-corrected chi connectivity index (χ4v) is 2.82. The molecule has 0 atom stereocenters. The summed E-state index contributed by atoms with van der Waals surface area (Å²) < 4.78 is 5.41. The van der Waals surface area contributed by atoms with E-state index < -0.39 is 0 Å². The van der Waals surface area contributed by atoms with Crippen molar-refractivity contribution >= 4 is 11.6 Å². The molecule has 19 heavy (non-hydrogen) atoms. The average Bonchev–Trinajstić information content (AvgIpc) is 2.91. The van der Waals surface area contributed by atoms with Crippen molar-refractivity contribution in [2.24, 2.45) is 11.3 Å². The fourth-order valence-electron chi connectivity index (χ4n) is 2.82. The summed E-state index contributed by atoms with van der Waals surface area (Å²) in [6, 6.07) is 0. The van der Waals surface area contributed by atoms with Crippen LogP contribution in [0.4, 0.5) is 11.6 Å². The highest BCUT2D eigenvalue weighted by molar-refractivity contribution is 5.64. The largest absolute Gasteiger partial charge is 0.490 e. The van der Waals surface area contributed by atoms with Gasteiger partial charge in [0.15, 0.2) is 11.6 Å². The molecule has 0 aliphatic carbocycles. The second-order valence-corrected chi connectivity index (χ2v) is 5.10. The Labute approximate surface area is 114 Å². The van der Waals surface area contributed by atoms with Gasteiger partial charge in [-0.05, 0) is 24.7 Å². The molecule has 1 saturated heterocycles. The monoisotopic (exact) mass is 265 g/mol. The van der Waals surface area contributed by atoms with Gasteiger partial charge in [-0.1, -0.05) is 13.8 Å². The number of nitrogen functional groups attached to an aromatic ring is 1. The van der Waals surface area contributed by atoms with Gasteiger partial charge < -0.3 is 15.1 Å². The molecule has 1 aliphatic rings. The molecule has 3 N–H and O–H groups in total. The standard InChI is InChI=1S/C13H23N5O/c1-4-13(5-2)6-7-18(8-13)12-10(19-3)11(17-14)15-9-16-12/h9H,4-8,14H2,1-3H3,(H,15,16,17). The van der Waals surface area contributed by atoms with E-state index in [2.05, 4.69) is 34.1 Å². The van der Waals surface area contributed by atoms with E-state index in [1.165, 1.54) is 25.6 Å². The van der Waals surface area contributed by atoms with E-state index in [1.807, 2.05) is 0 Å². The van der Waals surface area contributed by atoms with Crippen LogP contribution >= 0.6 is 0 Å². The van der Waals surface area contributed by atoms with Crippen LogP contribution < -0.4 is 20.9 Å². The third kappa shape index (κ3) is 2.45. The Morgan fingerprint density at radius 2 is 2.16 bits per heavy atom. The third-order valence-corrected chi connectivity index (χ3v) is 4.36. The maximum absolute atomic E-state index is 5.46. The molecule has 0 amide bonds. The molecule has 1 aliphatic heterocycles. The molecule has 2 rings (SSSR count). The number of nitrogens with two attached hydrogens (primary N) is 1. The zero-order chi connectivity index (χ0) is 13.9. The molecule has 6 heteroatoms. The number of anilines is 2. The molecule has 0 saturated carbocycles. The van der Waals surface area contributed by atoms with Crippen LogP contribution in [-0.4, -0.2) is 30.2 Å². The Kier molecular flexibility index (Phi) is 4.09. The van der Waals surface area contributed by atoms with Gasteiger partial charge in [-0.2, -0.15) is 0 Å². The summed E-state index contributed by atoms with van der Waals surface area (Å²) in [7, 11) is 1.62. The maximum atomic E-state index is 5.46. The highest BCUT2D eigenvalue weighted by atomic mass is 16.5. The summed E-state index contributed by atoms with van der Waals surface area (Å²) in [5.41, 5.74) is 2.95. The Morgan fingerprint density at radius 3 is 2.68 bits per heavy atom. The van der Waals surface area contributed by atoms with Gasteiger partial charge in [-0.3, -0.25) is 0 Å². The highest BCUT2D eigenvalue weighted by Crippen LogP contribution is 2.41. The number of nitrogens with one attached hydrogen (secondary N) is 1. The Hall–Kier alpha value is -1.56. The molecule has 2 heterocycles. The lowest BCUT2D eigenvalue weighted by atomic mass is 9.82. The number of hydrazine groups is 1. The van der Waals surface area contributed by atoms with Crippen molar-refractivity contribution in [1.82, 2.24) is 9.97 Å². The van der Waals surface area contributed by atoms with Gasteiger partial charge >= 0.3 is 0 Å². The van der Waals surface area contributed by atoms with Crippen LogP contribution in [0.15, 0.2) is 6.33 Å². The van der Waals surface area contributed by atoms with Gasteiger partial charge in [-0.25, -0.2) is 15.8 Å². The quantitative estimate of drug-likeness (QED) is 0.624. The second kappa shape index (κ2) is 5.61. The van der Waals surface area contributed by atoms with Gasteiger partial charge in [0.1, 0.15) is 6.33 Å². The minimum atomic E-state index is 0.395. The Morgan fingerprint density at radius 1 is 1.42 bits per heavy atom. The van der Waals surface area contributed by atoms with Crippen molar-refractivity contribution in [3.63, 3.8) is 0 Å². The smallest absolute Gasteiger partial charge is 0.205 e. The van der Waals surface area contributed by atoms with Crippen LogP contribution in [0.25, 0.3) is 0 Å². The molecule has 6 nitrogen and oxygen atoms in total. The molecule has 0 aromatic carbocycles. The predicted molar refractivity (Wildman–Crippen MR) is 76.2 cm³/mol. The lowest BCUT2D eigenvalue weighted by molar-refractivity contribution is 0.301. The van der Waals surface area contributed by atoms with Crippen LogP contribution in [0.3, 0.4) is 0 Å². The van der Waals surface area contributed by atoms with Gasteiger partial charge in [-0.15, -0.1) is 0 Å². The van der Waals surface area contributed by atoms with Crippen molar-refractivity contribution in [3.05, 3.63) is 6.33 Å². The first-order valence-electron chi connectivity index (χ1n) is 6.80. The van der Waals surface area contributed by atoms with E-state index in [4.69, 9.17) is 10.6 Å². The lowest BCUT2D eigenvalue weighted by Crippen LogP contribution is -2.27. The molecular formula is C13H23N5O. The van der Waals surface area contributed by atoms with Crippen LogP contribution in [0.2, 0.25) is 0 Å². The molecular weight excluding hydrogens is 242 g/mol. The summed E-state index contributed by atoms with van der Waals surface area (Å²) >= 11 is 0. The number of rotatable bonds is 5. The normalized spacial score (nSPS) is 17.6. The highest BCUT2D eigenvalue weighted by Gasteiger charge is 2.36. The zero-order valence-electron chi connectivity index (χ0n) is 11.9. The van der Waals surface area contributed by atoms with E-state index in [0.717, 1.165) is 18.9 Å². The van der Waals surface area contributed by atoms with Crippen LogP contribution in [0.1, 0.15) is 33.1 Å². The molecule has 0 bridgehead atoms. The Bertz CT molecular complexity index is 433. The van der Waals surface area contributed by atoms with E-state index in [9.17, 15) is 0 Å². The summed E-state index contributed by atoms with van der Waals surface area (Å²) in [4.78, 5) is 10.7. The number of aromatic nitrogens is 2. The van der Waals surface area contributed by atoms with E-state index >= 15 is 0 Å². The maximum Gasteiger partial charge on any atom is 0.205 e. The zero-order valence-corrected chi connectivity index (χ0v) is 11.9. The van der Waals surface area contributed by atoms with Crippen molar-refractivity contribution in [2.45, 2.75) is 33.1 Å². The van der Waals surface area contributed by atoms with E-state index in [-0.39, 0.29) is 0 Å². The number of nitrogens with zero attached hydrogens (tertiary/aromatic N) is 3.